The maximum absolute atomic E-state index is 13.3. The van der Waals surface area contributed by atoms with Crippen molar-refractivity contribution in [3.8, 4) is 0 Å². The highest BCUT2D eigenvalue weighted by Crippen LogP contribution is 2.25. The molecule has 0 fully saturated rings. The molecule has 6 heteroatoms. The zero-order chi connectivity index (χ0) is 20.5. The standard InChI is InChI=1S/C22H30FN3O2/c1-15(18-8-6-17(7-9-18)10-11-25-12-13-27)16(2)22(28)26-21(24)19-4-3-5-20(23)14-19/h3-9,14-16,21,25,27H,10-13,24H2,1-2H3,(H,26,28). The summed E-state index contributed by atoms with van der Waals surface area (Å²) in [6.45, 7) is 5.42. The van der Waals surface area contributed by atoms with E-state index in [-0.39, 0.29) is 30.2 Å². The Kier molecular flexibility index (Phi) is 8.57. The fraction of sp³-hybridized carbons (Fsp3) is 0.409. The van der Waals surface area contributed by atoms with E-state index in [9.17, 15) is 9.18 Å². The molecule has 0 bridgehead atoms. The summed E-state index contributed by atoms with van der Waals surface area (Å²) in [5, 5.41) is 14.7. The summed E-state index contributed by atoms with van der Waals surface area (Å²) in [6, 6.07) is 14.2. The number of carbonyl (C=O) groups is 1. The minimum absolute atomic E-state index is 0.0151. The largest absolute Gasteiger partial charge is 0.395 e. The van der Waals surface area contributed by atoms with Crippen molar-refractivity contribution in [1.29, 1.82) is 0 Å². The van der Waals surface area contributed by atoms with E-state index in [4.69, 9.17) is 10.8 Å². The Morgan fingerprint density at radius 3 is 2.46 bits per heavy atom. The third kappa shape index (κ3) is 6.41. The summed E-state index contributed by atoms with van der Waals surface area (Å²) in [5.41, 5.74) is 8.82. The monoisotopic (exact) mass is 387 g/mol. The Hall–Kier alpha value is -2.28. The van der Waals surface area contributed by atoms with Crippen LogP contribution >= 0.6 is 0 Å². The van der Waals surface area contributed by atoms with Gasteiger partial charge in [0.25, 0.3) is 0 Å². The number of hydrogen-bond donors (Lipinski definition) is 4. The zero-order valence-electron chi connectivity index (χ0n) is 16.5. The highest BCUT2D eigenvalue weighted by atomic mass is 19.1. The van der Waals surface area contributed by atoms with E-state index in [1.54, 1.807) is 12.1 Å². The van der Waals surface area contributed by atoms with Gasteiger partial charge in [0.05, 0.1) is 6.61 Å². The number of amides is 1. The minimum Gasteiger partial charge on any atom is -0.395 e. The zero-order valence-corrected chi connectivity index (χ0v) is 16.5. The van der Waals surface area contributed by atoms with Crippen LogP contribution in [0.5, 0.6) is 0 Å². The summed E-state index contributed by atoms with van der Waals surface area (Å²) in [4.78, 5) is 12.6. The van der Waals surface area contributed by atoms with Crippen LogP contribution in [0.2, 0.25) is 0 Å². The number of nitrogens with one attached hydrogen (secondary N) is 2. The van der Waals surface area contributed by atoms with Crippen molar-refractivity contribution in [3.05, 3.63) is 71.0 Å². The summed E-state index contributed by atoms with van der Waals surface area (Å²) >= 11 is 0. The molecule has 0 radical (unpaired) electrons. The van der Waals surface area contributed by atoms with Gasteiger partial charge in [-0.2, -0.15) is 0 Å². The Morgan fingerprint density at radius 1 is 1.11 bits per heavy atom. The summed E-state index contributed by atoms with van der Waals surface area (Å²) in [6.07, 6.45) is 0.138. The lowest BCUT2D eigenvalue weighted by Crippen LogP contribution is -2.38. The molecule has 0 aliphatic carbocycles. The van der Waals surface area contributed by atoms with Crippen molar-refractivity contribution in [1.82, 2.24) is 10.6 Å². The smallest absolute Gasteiger partial charge is 0.224 e. The van der Waals surface area contributed by atoms with Crippen LogP contribution < -0.4 is 16.4 Å². The van der Waals surface area contributed by atoms with Gasteiger partial charge in [0.2, 0.25) is 5.91 Å². The molecule has 0 spiro atoms. The molecule has 0 saturated carbocycles. The average Bonchev–Trinajstić information content (AvgIpc) is 2.70. The topological polar surface area (TPSA) is 87.4 Å². The molecule has 152 valence electrons. The molecule has 0 aliphatic heterocycles. The maximum Gasteiger partial charge on any atom is 0.224 e. The number of halogens is 1. The van der Waals surface area contributed by atoms with Crippen LogP contribution in [0.3, 0.4) is 0 Å². The number of aliphatic hydroxyl groups excluding tert-OH is 1. The number of rotatable bonds is 10. The number of hydrogen-bond acceptors (Lipinski definition) is 4. The second-order valence-electron chi connectivity index (χ2n) is 7.08. The van der Waals surface area contributed by atoms with Crippen molar-refractivity contribution in [3.63, 3.8) is 0 Å². The molecular weight excluding hydrogens is 357 g/mol. The molecular formula is C22H30FN3O2. The highest BCUT2D eigenvalue weighted by Gasteiger charge is 2.23. The van der Waals surface area contributed by atoms with Crippen molar-refractivity contribution in [2.75, 3.05) is 19.7 Å². The Bertz CT molecular complexity index is 752. The van der Waals surface area contributed by atoms with Crippen LogP contribution in [-0.4, -0.2) is 30.7 Å². The van der Waals surface area contributed by atoms with E-state index in [2.05, 4.69) is 22.8 Å². The number of carbonyl (C=O) groups excluding carboxylic acids is 1. The van der Waals surface area contributed by atoms with Crippen LogP contribution in [0.1, 0.15) is 42.6 Å². The van der Waals surface area contributed by atoms with E-state index in [0.29, 0.717) is 12.1 Å². The predicted octanol–water partition coefficient (Wildman–Crippen LogP) is 2.46. The minimum atomic E-state index is -0.744. The van der Waals surface area contributed by atoms with Crippen LogP contribution in [-0.2, 0) is 11.2 Å². The lowest BCUT2D eigenvalue weighted by atomic mass is 9.87. The third-order valence-corrected chi connectivity index (χ3v) is 5.05. The summed E-state index contributed by atoms with van der Waals surface area (Å²) in [5.74, 6) is -0.810. The fourth-order valence-electron chi connectivity index (χ4n) is 3.01. The normalized spacial score (nSPS) is 14.3. The van der Waals surface area contributed by atoms with E-state index in [1.165, 1.54) is 17.7 Å². The molecule has 5 nitrogen and oxygen atoms in total. The van der Waals surface area contributed by atoms with Crippen molar-refractivity contribution < 1.29 is 14.3 Å². The molecule has 2 aromatic rings. The SMILES string of the molecule is CC(C(=O)NC(N)c1cccc(F)c1)C(C)c1ccc(CCNCCO)cc1. The summed E-state index contributed by atoms with van der Waals surface area (Å²) in [7, 11) is 0. The predicted molar refractivity (Wildman–Crippen MR) is 109 cm³/mol. The van der Waals surface area contributed by atoms with Crippen molar-refractivity contribution in [2.24, 2.45) is 11.7 Å². The van der Waals surface area contributed by atoms with Crippen LogP contribution in [0, 0.1) is 11.7 Å². The van der Waals surface area contributed by atoms with Gasteiger partial charge >= 0.3 is 0 Å². The molecule has 1 amide bonds. The molecule has 5 N–H and O–H groups in total. The van der Waals surface area contributed by atoms with E-state index in [1.807, 2.05) is 26.0 Å². The molecule has 2 rings (SSSR count). The molecule has 0 aliphatic rings. The van der Waals surface area contributed by atoms with Gasteiger partial charge < -0.3 is 21.5 Å². The van der Waals surface area contributed by atoms with E-state index >= 15 is 0 Å². The molecule has 28 heavy (non-hydrogen) atoms. The maximum atomic E-state index is 13.3. The lowest BCUT2D eigenvalue weighted by Gasteiger charge is -2.23. The van der Waals surface area contributed by atoms with Gasteiger partial charge in [-0.25, -0.2) is 4.39 Å². The first-order chi connectivity index (χ1) is 13.4. The van der Waals surface area contributed by atoms with Crippen LogP contribution in [0.15, 0.2) is 48.5 Å². The number of aliphatic hydroxyl groups is 1. The molecule has 0 aromatic heterocycles. The van der Waals surface area contributed by atoms with Gasteiger partial charge in [0, 0.05) is 12.5 Å². The molecule has 3 atom stereocenters. The molecule has 0 heterocycles. The summed E-state index contributed by atoms with van der Waals surface area (Å²) < 4.78 is 13.3. The fourth-order valence-corrected chi connectivity index (χ4v) is 3.01. The first-order valence-corrected chi connectivity index (χ1v) is 9.64. The van der Waals surface area contributed by atoms with E-state index < -0.39 is 6.17 Å². The third-order valence-electron chi connectivity index (χ3n) is 5.05. The van der Waals surface area contributed by atoms with Crippen LogP contribution in [0.4, 0.5) is 4.39 Å². The number of nitrogens with two attached hydrogens (primary N) is 1. The Labute approximate surface area is 166 Å². The molecule has 2 aromatic carbocycles. The van der Waals surface area contributed by atoms with E-state index in [0.717, 1.165) is 18.5 Å². The molecule has 0 saturated heterocycles. The molecule has 3 unspecified atom stereocenters. The van der Waals surface area contributed by atoms with Gasteiger partial charge in [-0.05, 0) is 47.7 Å². The van der Waals surface area contributed by atoms with Gasteiger partial charge in [0.15, 0.2) is 0 Å². The average molecular weight is 387 g/mol. The van der Waals surface area contributed by atoms with Gasteiger partial charge in [-0.3, -0.25) is 4.79 Å². The van der Waals surface area contributed by atoms with Gasteiger partial charge in [-0.1, -0.05) is 50.2 Å². The Balaban J connectivity index is 1.91. The van der Waals surface area contributed by atoms with Crippen molar-refractivity contribution in [2.45, 2.75) is 32.4 Å². The van der Waals surface area contributed by atoms with Gasteiger partial charge in [0.1, 0.15) is 12.0 Å². The first-order valence-electron chi connectivity index (χ1n) is 9.64. The Morgan fingerprint density at radius 2 is 1.82 bits per heavy atom. The number of benzene rings is 2. The second-order valence-corrected chi connectivity index (χ2v) is 7.08. The van der Waals surface area contributed by atoms with Gasteiger partial charge in [-0.15, -0.1) is 0 Å². The highest BCUT2D eigenvalue weighted by molar-refractivity contribution is 5.79. The lowest BCUT2D eigenvalue weighted by molar-refractivity contribution is -0.125. The van der Waals surface area contributed by atoms with Crippen molar-refractivity contribution >= 4 is 5.91 Å². The second kappa shape index (κ2) is 10.9. The first kappa shape index (κ1) is 22.0. The quantitative estimate of drug-likeness (QED) is 0.373. The van der Waals surface area contributed by atoms with Crippen LogP contribution in [0.25, 0.3) is 0 Å².